The van der Waals surface area contributed by atoms with Crippen LogP contribution in [-0.2, 0) is 0 Å². The number of nitrogens with one attached hydrogen (secondary N) is 1. The van der Waals surface area contributed by atoms with E-state index in [-0.39, 0.29) is 18.6 Å². The van der Waals surface area contributed by atoms with E-state index < -0.39 is 0 Å². The van der Waals surface area contributed by atoms with E-state index in [9.17, 15) is 4.79 Å². The summed E-state index contributed by atoms with van der Waals surface area (Å²) < 4.78 is 0. The van der Waals surface area contributed by atoms with Crippen molar-refractivity contribution >= 4 is 5.91 Å². The number of aliphatic hydroxyl groups is 1. The molecule has 3 heteroatoms. The number of benzene rings is 2. The third kappa shape index (κ3) is 4.18. The van der Waals surface area contributed by atoms with Gasteiger partial charge in [0.1, 0.15) is 0 Å². The predicted octanol–water partition coefficient (Wildman–Crippen LogP) is 3.55. The summed E-state index contributed by atoms with van der Waals surface area (Å²) in [5.41, 5.74) is 3.82. The molecule has 0 saturated carbocycles. The highest BCUT2D eigenvalue weighted by Crippen LogP contribution is 2.20. The van der Waals surface area contributed by atoms with Crippen LogP contribution in [0.2, 0.25) is 0 Å². The van der Waals surface area contributed by atoms with Crippen LogP contribution in [0.4, 0.5) is 0 Å². The van der Waals surface area contributed by atoms with Crippen molar-refractivity contribution in [2.75, 3.05) is 6.61 Å². The first kappa shape index (κ1) is 16.2. The fraction of sp³-hybridized carbons (Fsp3) is 0.316. The van der Waals surface area contributed by atoms with E-state index in [4.69, 9.17) is 5.11 Å². The Bertz CT molecular complexity index is 623. The summed E-state index contributed by atoms with van der Waals surface area (Å²) in [6, 6.07) is 15.7. The largest absolute Gasteiger partial charge is 0.396 e. The Morgan fingerprint density at radius 1 is 1.14 bits per heavy atom. The van der Waals surface area contributed by atoms with Gasteiger partial charge in [0, 0.05) is 12.2 Å². The van der Waals surface area contributed by atoms with Gasteiger partial charge in [0.2, 0.25) is 0 Å². The van der Waals surface area contributed by atoms with Gasteiger partial charge >= 0.3 is 0 Å². The van der Waals surface area contributed by atoms with Crippen LogP contribution < -0.4 is 5.32 Å². The molecule has 22 heavy (non-hydrogen) atoms. The molecule has 0 spiro atoms. The summed E-state index contributed by atoms with van der Waals surface area (Å²) in [7, 11) is 0. The van der Waals surface area contributed by atoms with Gasteiger partial charge in [-0.05, 0) is 43.9 Å². The molecule has 2 N–H and O–H groups in total. The molecule has 0 bridgehead atoms. The highest BCUT2D eigenvalue weighted by atomic mass is 16.3. The van der Waals surface area contributed by atoms with Gasteiger partial charge < -0.3 is 10.4 Å². The Balaban J connectivity index is 2.19. The first-order chi connectivity index (χ1) is 10.6. The molecule has 2 rings (SSSR count). The number of carbonyl (C=O) groups excluding carboxylic acids is 1. The van der Waals surface area contributed by atoms with Crippen molar-refractivity contribution in [3.05, 3.63) is 70.8 Å². The Morgan fingerprint density at radius 3 is 2.55 bits per heavy atom. The minimum Gasteiger partial charge on any atom is -0.396 e. The van der Waals surface area contributed by atoms with Crippen LogP contribution in [0.15, 0.2) is 48.5 Å². The summed E-state index contributed by atoms with van der Waals surface area (Å²) >= 11 is 0. The molecule has 0 fully saturated rings. The lowest BCUT2D eigenvalue weighted by Crippen LogP contribution is -2.29. The Labute approximate surface area is 132 Å². The van der Waals surface area contributed by atoms with E-state index in [1.165, 1.54) is 0 Å². The Morgan fingerprint density at radius 2 is 1.86 bits per heavy atom. The Kier molecular flexibility index (Phi) is 5.73. The SMILES string of the molecule is Cc1ccc(C)c(C(=O)NC(CCCO)c2ccccc2)c1. The lowest BCUT2D eigenvalue weighted by atomic mass is 10.00. The maximum Gasteiger partial charge on any atom is 0.252 e. The van der Waals surface area contributed by atoms with Crippen LogP contribution in [0, 0.1) is 13.8 Å². The lowest BCUT2D eigenvalue weighted by molar-refractivity contribution is 0.0931. The number of aliphatic hydroxyl groups excluding tert-OH is 1. The standard InChI is InChI=1S/C19H23NO2/c1-14-10-11-15(2)17(13-14)19(22)20-18(9-6-12-21)16-7-4-3-5-8-16/h3-5,7-8,10-11,13,18,21H,6,9,12H2,1-2H3,(H,20,22). The van der Waals surface area contributed by atoms with Crippen molar-refractivity contribution in [1.82, 2.24) is 5.32 Å². The fourth-order valence-electron chi connectivity index (χ4n) is 2.52. The van der Waals surface area contributed by atoms with E-state index in [1.807, 2.05) is 62.4 Å². The van der Waals surface area contributed by atoms with Crippen LogP contribution in [0.5, 0.6) is 0 Å². The molecule has 3 nitrogen and oxygen atoms in total. The zero-order chi connectivity index (χ0) is 15.9. The molecule has 2 aromatic rings. The van der Waals surface area contributed by atoms with Crippen LogP contribution in [-0.4, -0.2) is 17.6 Å². The van der Waals surface area contributed by atoms with Gasteiger partial charge in [0.05, 0.1) is 6.04 Å². The molecule has 2 aromatic carbocycles. The zero-order valence-electron chi connectivity index (χ0n) is 13.2. The number of hydrogen-bond acceptors (Lipinski definition) is 2. The van der Waals surface area contributed by atoms with Gasteiger partial charge in [-0.15, -0.1) is 0 Å². The monoisotopic (exact) mass is 297 g/mol. The second-order valence-electron chi connectivity index (χ2n) is 5.62. The van der Waals surface area contributed by atoms with Gasteiger partial charge in [-0.3, -0.25) is 4.79 Å². The molecule has 0 aromatic heterocycles. The minimum absolute atomic E-state index is 0.0620. The smallest absolute Gasteiger partial charge is 0.252 e. The second kappa shape index (κ2) is 7.76. The summed E-state index contributed by atoms with van der Waals surface area (Å²) in [5.74, 6) is -0.0620. The molecule has 1 atom stereocenters. The van der Waals surface area contributed by atoms with Crippen LogP contribution in [0.3, 0.4) is 0 Å². The van der Waals surface area contributed by atoms with E-state index >= 15 is 0 Å². The third-order valence-electron chi connectivity index (χ3n) is 3.80. The predicted molar refractivity (Wildman–Crippen MR) is 88.9 cm³/mol. The first-order valence-electron chi connectivity index (χ1n) is 7.65. The van der Waals surface area contributed by atoms with Gasteiger partial charge in [0.15, 0.2) is 0 Å². The van der Waals surface area contributed by atoms with Gasteiger partial charge in [-0.2, -0.15) is 0 Å². The highest BCUT2D eigenvalue weighted by molar-refractivity contribution is 5.96. The molecule has 1 unspecified atom stereocenters. The van der Waals surface area contributed by atoms with Crippen molar-refractivity contribution in [3.63, 3.8) is 0 Å². The quantitative estimate of drug-likeness (QED) is 0.856. The van der Waals surface area contributed by atoms with E-state index in [0.717, 1.165) is 23.1 Å². The molecule has 0 aliphatic heterocycles. The molecule has 1 amide bonds. The molecule has 0 radical (unpaired) electrons. The van der Waals surface area contributed by atoms with Crippen LogP contribution in [0.1, 0.15) is 45.9 Å². The van der Waals surface area contributed by atoms with E-state index in [2.05, 4.69) is 5.32 Å². The number of amides is 1. The number of aryl methyl sites for hydroxylation is 2. The van der Waals surface area contributed by atoms with E-state index in [1.54, 1.807) is 0 Å². The average Bonchev–Trinajstić information content (AvgIpc) is 2.54. The maximum atomic E-state index is 12.6. The molecule has 0 aliphatic carbocycles. The maximum absolute atomic E-state index is 12.6. The average molecular weight is 297 g/mol. The molecular weight excluding hydrogens is 274 g/mol. The summed E-state index contributed by atoms with van der Waals surface area (Å²) in [4.78, 5) is 12.6. The van der Waals surface area contributed by atoms with Gasteiger partial charge in [0.25, 0.3) is 5.91 Å². The summed E-state index contributed by atoms with van der Waals surface area (Å²) in [6.07, 6.45) is 1.38. The highest BCUT2D eigenvalue weighted by Gasteiger charge is 2.16. The normalized spacial score (nSPS) is 12.0. The van der Waals surface area contributed by atoms with Gasteiger partial charge in [-0.25, -0.2) is 0 Å². The molecular formula is C19H23NO2. The van der Waals surface area contributed by atoms with Crippen molar-refractivity contribution in [2.45, 2.75) is 32.7 Å². The van der Waals surface area contributed by atoms with Crippen molar-refractivity contribution in [3.8, 4) is 0 Å². The summed E-state index contributed by atoms with van der Waals surface area (Å²) in [6.45, 7) is 4.05. The van der Waals surface area contributed by atoms with Crippen molar-refractivity contribution < 1.29 is 9.90 Å². The third-order valence-corrected chi connectivity index (χ3v) is 3.80. The molecule has 0 saturated heterocycles. The molecule has 0 heterocycles. The second-order valence-corrected chi connectivity index (χ2v) is 5.62. The Hall–Kier alpha value is -2.13. The topological polar surface area (TPSA) is 49.3 Å². The number of rotatable bonds is 6. The first-order valence-corrected chi connectivity index (χ1v) is 7.65. The van der Waals surface area contributed by atoms with Crippen molar-refractivity contribution in [2.24, 2.45) is 0 Å². The number of carbonyl (C=O) groups is 1. The van der Waals surface area contributed by atoms with E-state index in [0.29, 0.717) is 12.0 Å². The number of hydrogen-bond donors (Lipinski definition) is 2. The van der Waals surface area contributed by atoms with Crippen molar-refractivity contribution in [1.29, 1.82) is 0 Å². The molecule has 0 aliphatic rings. The fourth-order valence-corrected chi connectivity index (χ4v) is 2.52. The van der Waals surface area contributed by atoms with Gasteiger partial charge in [-0.1, -0.05) is 48.0 Å². The zero-order valence-corrected chi connectivity index (χ0v) is 13.2. The van der Waals surface area contributed by atoms with Crippen LogP contribution >= 0.6 is 0 Å². The molecule has 116 valence electrons. The lowest BCUT2D eigenvalue weighted by Gasteiger charge is -2.20. The summed E-state index contributed by atoms with van der Waals surface area (Å²) in [5, 5.41) is 12.2. The van der Waals surface area contributed by atoms with Crippen LogP contribution in [0.25, 0.3) is 0 Å². The minimum atomic E-state index is -0.0826.